The largest absolute Gasteiger partial charge is 0.377 e. The minimum absolute atomic E-state index is 0.623. The molecule has 1 saturated heterocycles. The molecule has 1 nitrogen and oxygen atoms in total. The maximum Gasteiger partial charge on any atom is 0.104 e. The fourth-order valence-corrected chi connectivity index (χ4v) is 3.26. The van der Waals surface area contributed by atoms with Gasteiger partial charge in [-0.1, -0.05) is 42.1 Å². The van der Waals surface area contributed by atoms with Crippen molar-refractivity contribution >= 4 is 14.0 Å². The minimum Gasteiger partial charge on any atom is -0.377 e. The lowest BCUT2D eigenvalue weighted by Crippen LogP contribution is -2.32. The van der Waals surface area contributed by atoms with Crippen molar-refractivity contribution in [1.29, 1.82) is 0 Å². The molecule has 0 radical (unpaired) electrons. The van der Waals surface area contributed by atoms with Crippen molar-refractivity contribution in [1.82, 2.24) is 0 Å². The van der Waals surface area contributed by atoms with Gasteiger partial charge in [-0.15, -0.1) is 0 Å². The second-order valence-electron chi connectivity index (χ2n) is 3.07. The van der Waals surface area contributed by atoms with Crippen LogP contribution in [0.15, 0.2) is 30.3 Å². The van der Waals surface area contributed by atoms with Gasteiger partial charge < -0.3 is 4.74 Å². The van der Waals surface area contributed by atoms with Crippen LogP contribution in [0.1, 0.15) is 0 Å². The summed E-state index contributed by atoms with van der Waals surface area (Å²) in [7, 11) is -0.745. The molecular weight excluding hydrogens is 152 g/mol. The van der Waals surface area contributed by atoms with Crippen molar-refractivity contribution in [2.75, 3.05) is 6.61 Å². The number of ether oxygens (including phenoxy) is 1. The third-order valence-corrected chi connectivity index (χ3v) is 5.18. The summed E-state index contributed by atoms with van der Waals surface area (Å²) in [6, 6.07) is 10.7. The highest BCUT2D eigenvalue weighted by Gasteiger charge is 2.31. The summed E-state index contributed by atoms with van der Waals surface area (Å²) in [5.41, 5.74) is 0.623. The Labute approximate surface area is 68.6 Å². The predicted molar refractivity (Wildman–Crippen MR) is 48.8 cm³/mol. The molecule has 2 unspecified atom stereocenters. The van der Waals surface area contributed by atoms with Gasteiger partial charge in [-0.25, -0.2) is 0 Å². The molecule has 11 heavy (non-hydrogen) atoms. The van der Waals surface area contributed by atoms with Crippen LogP contribution < -0.4 is 5.19 Å². The molecule has 0 saturated carbocycles. The average molecular weight is 164 g/mol. The topological polar surface area (TPSA) is 12.5 Å². The van der Waals surface area contributed by atoms with Gasteiger partial charge in [0.15, 0.2) is 0 Å². The van der Waals surface area contributed by atoms with E-state index in [2.05, 4.69) is 36.9 Å². The SMILES string of the molecule is C[SiH](c1ccccc1)C1CO1. The highest BCUT2D eigenvalue weighted by Crippen LogP contribution is 2.12. The molecule has 0 aliphatic carbocycles. The number of epoxide rings is 1. The first-order valence-electron chi connectivity index (χ1n) is 4.04. The molecule has 1 heterocycles. The second-order valence-corrected chi connectivity index (χ2v) is 6.06. The highest BCUT2D eigenvalue weighted by atomic mass is 28.3. The highest BCUT2D eigenvalue weighted by molar-refractivity contribution is 6.73. The van der Waals surface area contributed by atoms with E-state index < -0.39 is 8.80 Å². The van der Waals surface area contributed by atoms with Crippen LogP contribution >= 0.6 is 0 Å². The van der Waals surface area contributed by atoms with Crippen molar-refractivity contribution in [3.05, 3.63) is 30.3 Å². The van der Waals surface area contributed by atoms with Gasteiger partial charge >= 0.3 is 0 Å². The van der Waals surface area contributed by atoms with Crippen LogP contribution in [0.25, 0.3) is 0 Å². The molecular formula is C9H12OSi. The minimum atomic E-state index is -0.745. The summed E-state index contributed by atoms with van der Waals surface area (Å²) in [6.07, 6.45) is 0. The Morgan fingerprint density at radius 1 is 1.36 bits per heavy atom. The lowest BCUT2D eigenvalue weighted by molar-refractivity contribution is 0.453. The molecule has 1 aromatic carbocycles. The van der Waals surface area contributed by atoms with E-state index in [1.54, 1.807) is 0 Å². The summed E-state index contributed by atoms with van der Waals surface area (Å²) >= 11 is 0. The Bertz CT molecular complexity index is 231. The first-order valence-corrected chi connectivity index (χ1v) is 6.44. The van der Waals surface area contributed by atoms with Gasteiger partial charge in [0.1, 0.15) is 8.80 Å². The number of benzene rings is 1. The van der Waals surface area contributed by atoms with E-state index in [4.69, 9.17) is 4.74 Å². The molecule has 0 spiro atoms. The third-order valence-electron chi connectivity index (χ3n) is 2.24. The molecule has 1 fully saturated rings. The zero-order chi connectivity index (χ0) is 7.68. The van der Waals surface area contributed by atoms with Crippen LogP contribution in [0.2, 0.25) is 6.55 Å². The predicted octanol–water partition coefficient (Wildman–Crippen LogP) is 0.688. The molecule has 0 N–H and O–H groups in total. The summed E-state index contributed by atoms with van der Waals surface area (Å²) < 4.78 is 5.29. The first kappa shape index (κ1) is 7.07. The monoisotopic (exact) mass is 164 g/mol. The fourth-order valence-electron chi connectivity index (χ4n) is 1.32. The quantitative estimate of drug-likeness (QED) is 0.463. The molecule has 2 atom stereocenters. The normalized spacial score (nSPS) is 24.6. The van der Waals surface area contributed by atoms with Crippen LogP contribution in [-0.2, 0) is 4.74 Å². The van der Waals surface area contributed by atoms with Crippen molar-refractivity contribution in [3.8, 4) is 0 Å². The van der Waals surface area contributed by atoms with Crippen molar-refractivity contribution in [2.24, 2.45) is 0 Å². The van der Waals surface area contributed by atoms with Gasteiger partial charge in [0.2, 0.25) is 0 Å². The summed E-state index contributed by atoms with van der Waals surface area (Å²) in [5, 5.41) is 1.52. The zero-order valence-electron chi connectivity index (χ0n) is 6.66. The van der Waals surface area contributed by atoms with E-state index in [9.17, 15) is 0 Å². The molecule has 2 heteroatoms. The van der Waals surface area contributed by atoms with E-state index in [0.29, 0.717) is 5.73 Å². The van der Waals surface area contributed by atoms with Gasteiger partial charge in [0.05, 0.1) is 12.3 Å². The molecule has 1 aromatic rings. The zero-order valence-corrected chi connectivity index (χ0v) is 7.81. The van der Waals surface area contributed by atoms with Crippen LogP contribution in [0.3, 0.4) is 0 Å². The van der Waals surface area contributed by atoms with Crippen LogP contribution in [0.4, 0.5) is 0 Å². The summed E-state index contributed by atoms with van der Waals surface area (Å²) in [5.74, 6) is 0. The number of hydrogen-bond donors (Lipinski definition) is 0. The Kier molecular flexibility index (Phi) is 1.80. The molecule has 2 rings (SSSR count). The lowest BCUT2D eigenvalue weighted by Gasteiger charge is -2.04. The Morgan fingerprint density at radius 3 is 2.55 bits per heavy atom. The lowest BCUT2D eigenvalue weighted by atomic mass is 10.4. The van der Waals surface area contributed by atoms with E-state index in [1.807, 2.05) is 0 Å². The van der Waals surface area contributed by atoms with E-state index in [-0.39, 0.29) is 0 Å². The average Bonchev–Trinajstić information content (AvgIpc) is 2.87. The molecule has 1 aliphatic heterocycles. The second kappa shape index (κ2) is 2.79. The Hall–Kier alpha value is -0.603. The Balaban J connectivity index is 2.15. The Morgan fingerprint density at radius 2 is 2.00 bits per heavy atom. The fraction of sp³-hybridized carbons (Fsp3) is 0.333. The molecule has 0 amide bonds. The van der Waals surface area contributed by atoms with Gasteiger partial charge in [0, 0.05) is 0 Å². The van der Waals surface area contributed by atoms with Crippen LogP contribution in [0.5, 0.6) is 0 Å². The summed E-state index contributed by atoms with van der Waals surface area (Å²) in [6.45, 7) is 3.36. The van der Waals surface area contributed by atoms with E-state index in [1.165, 1.54) is 5.19 Å². The number of hydrogen-bond acceptors (Lipinski definition) is 1. The van der Waals surface area contributed by atoms with Crippen LogP contribution in [-0.4, -0.2) is 21.1 Å². The van der Waals surface area contributed by atoms with Crippen molar-refractivity contribution in [2.45, 2.75) is 12.3 Å². The molecule has 0 bridgehead atoms. The first-order chi connectivity index (χ1) is 5.38. The van der Waals surface area contributed by atoms with E-state index in [0.717, 1.165) is 6.61 Å². The van der Waals surface area contributed by atoms with Gasteiger partial charge in [-0.2, -0.15) is 0 Å². The number of rotatable bonds is 2. The van der Waals surface area contributed by atoms with E-state index >= 15 is 0 Å². The maximum atomic E-state index is 5.29. The van der Waals surface area contributed by atoms with Gasteiger partial charge in [0.25, 0.3) is 0 Å². The molecule has 58 valence electrons. The molecule has 0 aromatic heterocycles. The standard InChI is InChI=1S/C9H12OSi/c1-11(9-7-10-9)8-5-3-2-4-6-8/h2-6,9,11H,7H2,1H3. The van der Waals surface area contributed by atoms with Crippen LogP contribution in [0, 0.1) is 0 Å². The van der Waals surface area contributed by atoms with Gasteiger partial charge in [-0.3, -0.25) is 0 Å². The van der Waals surface area contributed by atoms with Gasteiger partial charge in [-0.05, 0) is 0 Å². The third kappa shape index (κ3) is 1.52. The van der Waals surface area contributed by atoms with Crippen molar-refractivity contribution in [3.63, 3.8) is 0 Å². The maximum absolute atomic E-state index is 5.29. The van der Waals surface area contributed by atoms with Crippen molar-refractivity contribution < 1.29 is 4.74 Å². The summed E-state index contributed by atoms with van der Waals surface area (Å²) in [4.78, 5) is 0. The molecule has 1 aliphatic rings. The smallest absolute Gasteiger partial charge is 0.104 e.